The van der Waals surface area contributed by atoms with Gasteiger partial charge in [0, 0.05) is 6.54 Å². The fourth-order valence-corrected chi connectivity index (χ4v) is 2.63. The Morgan fingerprint density at radius 2 is 2.16 bits per heavy atom. The molecule has 0 amide bonds. The third kappa shape index (κ3) is 3.87. The van der Waals surface area contributed by atoms with Crippen molar-refractivity contribution in [3.8, 4) is 0 Å². The van der Waals surface area contributed by atoms with Crippen LogP contribution in [0.1, 0.15) is 31.4 Å². The van der Waals surface area contributed by atoms with Crippen molar-refractivity contribution in [3.05, 3.63) is 51.8 Å². The highest BCUT2D eigenvalue weighted by molar-refractivity contribution is 5.71. The van der Waals surface area contributed by atoms with Crippen LogP contribution in [0, 0.1) is 18.7 Å². The number of anilines is 1. The number of aromatic amines is 1. The molecule has 6 nitrogen and oxygen atoms in total. The van der Waals surface area contributed by atoms with E-state index in [0.717, 1.165) is 24.1 Å². The normalized spacial score (nSPS) is 11.4. The van der Waals surface area contributed by atoms with Crippen molar-refractivity contribution >= 4 is 17.1 Å². The van der Waals surface area contributed by atoms with Crippen molar-refractivity contribution in [1.29, 1.82) is 0 Å². The van der Waals surface area contributed by atoms with E-state index in [1.807, 2.05) is 6.92 Å². The Labute approximate surface area is 145 Å². The lowest BCUT2D eigenvalue weighted by atomic mass is 10.1. The van der Waals surface area contributed by atoms with Gasteiger partial charge in [0.25, 0.3) is 0 Å². The maximum Gasteiger partial charge on any atom is 0.328 e. The Kier molecular flexibility index (Phi) is 4.83. The molecular weight excluding hydrogens is 321 g/mol. The summed E-state index contributed by atoms with van der Waals surface area (Å²) in [6.07, 6.45) is 2.60. The second-order valence-electron chi connectivity index (χ2n) is 6.63. The summed E-state index contributed by atoms with van der Waals surface area (Å²) in [6, 6.07) is 4.57. The first-order valence-corrected chi connectivity index (χ1v) is 8.38. The fourth-order valence-electron chi connectivity index (χ4n) is 2.63. The lowest BCUT2D eigenvalue weighted by molar-refractivity contribution is 0.606. The summed E-state index contributed by atoms with van der Waals surface area (Å²) < 4.78 is 15.0. The van der Waals surface area contributed by atoms with Gasteiger partial charge in [-0.3, -0.25) is 4.57 Å². The van der Waals surface area contributed by atoms with Crippen molar-refractivity contribution in [3.63, 3.8) is 0 Å². The number of hydrogen-bond donors (Lipinski definition) is 2. The van der Waals surface area contributed by atoms with Crippen LogP contribution in [0.25, 0.3) is 11.2 Å². The quantitative estimate of drug-likeness (QED) is 0.721. The minimum atomic E-state index is -0.320. The average molecular weight is 343 g/mol. The van der Waals surface area contributed by atoms with Crippen LogP contribution in [0.15, 0.2) is 29.2 Å². The molecule has 0 bridgehead atoms. The molecule has 2 N–H and O–H groups in total. The third-order valence-corrected chi connectivity index (χ3v) is 4.16. The van der Waals surface area contributed by atoms with Crippen molar-refractivity contribution in [2.45, 2.75) is 33.7 Å². The Balaban J connectivity index is 1.92. The highest BCUT2D eigenvalue weighted by Crippen LogP contribution is 2.15. The first kappa shape index (κ1) is 17.1. The number of benzene rings is 1. The second kappa shape index (κ2) is 7.04. The van der Waals surface area contributed by atoms with Crippen LogP contribution in [0.5, 0.6) is 0 Å². The zero-order chi connectivity index (χ0) is 18.0. The number of fused-ring (bicyclic) bond motifs is 1. The van der Waals surface area contributed by atoms with Crippen molar-refractivity contribution in [2.24, 2.45) is 5.92 Å². The standard InChI is InChI=1S/C18H22FN5O/c1-11(2)6-7-20-17-21-9-15-16(23-17)24(18(25)22-15)10-13-8-14(19)5-4-12(13)3/h4-5,8-9,11H,6-7,10H2,1-3H3,(H,22,25)(H,20,21,23). The molecule has 7 heteroatoms. The number of rotatable bonds is 6. The Bertz CT molecular complexity index is 944. The SMILES string of the molecule is Cc1ccc(F)cc1Cn1c(=O)[nH]c2cnc(NCCC(C)C)nc21. The minimum Gasteiger partial charge on any atom is -0.354 e. The molecule has 0 aliphatic heterocycles. The Morgan fingerprint density at radius 1 is 1.36 bits per heavy atom. The van der Waals surface area contributed by atoms with E-state index in [1.165, 1.54) is 16.7 Å². The number of halogens is 1. The van der Waals surface area contributed by atoms with Gasteiger partial charge in [-0.2, -0.15) is 4.98 Å². The van der Waals surface area contributed by atoms with E-state index in [0.29, 0.717) is 23.0 Å². The summed E-state index contributed by atoms with van der Waals surface area (Å²) in [7, 11) is 0. The van der Waals surface area contributed by atoms with Crippen molar-refractivity contribution in [1.82, 2.24) is 19.5 Å². The zero-order valence-corrected chi connectivity index (χ0v) is 14.6. The van der Waals surface area contributed by atoms with Gasteiger partial charge in [0.2, 0.25) is 5.95 Å². The van der Waals surface area contributed by atoms with Gasteiger partial charge < -0.3 is 10.3 Å². The first-order chi connectivity index (χ1) is 11.9. The predicted molar refractivity (Wildman–Crippen MR) is 96.3 cm³/mol. The molecule has 25 heavy (non-hydrogen) atoms. The minimum absolute atomic E-state index is 0.255. The van der Waals surface area contributed by atoms with Crippen LogP contribution in [0.4, 0.5) is 10.3 Å². The number of nitrogens with zero attached hydrogens (tertiary/aromatic N) is 3. The van der Waals surface area contributed by atoms with Gasteiger partial charge in [-0.1, -0.05) is 19.9 Å². The molecule has 3 aromatic rings. The van der Waals surface area contributed by atoms with Gasteiger partial charge in [0.1, 0.15) is 11.3 Å². The molecule has 3 rings (SSSR count). The van der Waals surface area contributed by atoms with Crippen LogP contribution in [-0.4, -0.2) is 26.1 Å². The summed E-state index contributed by atoms with van der Waals surface area (Å²) in [4.78, 5) is 23.7. The molecule has 0 atom stereocenters. The molecule has 0 unspecified atom stereocenters. The van der Waals surface area contributed by atoms with Crippen LogP contribution < -0.4 is 11.0 Å². The number of aromatic nitrogens is 4. The summed E-state index contributed by atoms with van der Waals surface area (Å²) in [6.45, 7) is 7.21. The van der Waals surface area contributed by atoms with Crippen LogP contribution >= 0.6 is 0 Å². The number of nitrogens with one attached hydrogen (secondary N) is 2. The Morgan fingerprint density at radius 3 is 2.92 bits per heavy atom. The maximum absolute atomic E-state index is 13.5. The molecule has 2 aromatic heterocycles. The van der Waals surface area contributed by atoms with Gasteiger partial charge in [-0.05, 0) is 42.5 Å². The smallest absolute Gasteiger partial charge is 0.328 e. The second-order valence-corrected chi connectivity index (χ2v) is 6.63. The highest BCUT2D eigenvalue weighted by Gasteiger charge is 2.12. The molecule has 0 spiro atoms. The van der Waals surface area contributed by atoms with Gasteiger partial charge in [-0.25, -0.2) is 14.2 Å². The van der Waals surface area contributed by atoms with Crippen LogP contribution in [0.2, 0.25) is 0 Å². The molecule has 1 aromatic carbocycles. The lowest BCUT2D eigenvalue weighted by Crippen LogP contribution is -2.18. The van der Waals surface area contributed by atoms with E-state index < -0.39 is 0 Å². The molecule has 0 radical (unpaired) electrons. The van der Waals surface area contributed by atoms with Gasteiger partial charge in [0.15, 0.2) is 5.65 Å². The zero-order valence-electron chi connectivity index (χ0n) is 14.6. The topological polar surface area (TPSA) is 75.6 Å². The molecular formula is C18H22FN5O. The van der Waals surface area contributed by atoms with Gasteiger partial charge in [-0.15, -0.1) is 0 Å². The van der Waals surface area contributed by atoms with Crippen molar-refractivity contribution in [2.75, 3.05) is 11.9 Å². The third-order valence-electron chi connectivity index (χ3n) is 4.16. The number of H-pyrrole nitrogens is 1. The summed E-state index contributed by atoms with van der Waals surface area (Å²) in [5, 5.41) is 3.18. The van der Waals surface area contributed by atoms with E-state index in [4.69, 9.17) is 0 Å². The van der Waals surface area contributed by atoms with E-state index >= 15 is 0 Å². The Hall–Kier alpha value is -2.70. The number of aryl methyl sites for hydroxylation is 1. The number of imidazole rings is 1. The highest BCUT2D eigenvalue weighted by atomic mass is 19.1. The maximum atomic E-state index is 13.5. The molecule has 0 aliphatic rings. The van der Waals surface area contributed by atoms with Crippen LogP contribution in [0.3, 0.4) is 0 Å². The van der Waals surface area contributed by atoms with Gasteiger partial charge >= 0.3 is 5.69 Å². The molecule has 0 aliphatic carbocycles. The van der Waals surface area contributed by atoms with Crippen LogP contribution in [-0.2, 0) is 6.54 Å². The summed E-state index contributed by atoms with van der Waals surface area (Å²) in [5.41, 5.74) is 2.46. The summed E-state index contributed by atoms with van der Waals surface area (Å²) >= 11 is 0. The molecule has 0 fully saturated rings. The number of hydrogen-bond acceptors (Lipinski definition) is 4. The monoisotopic (exact) mass is 343 g/mol. The van der Waals surface area contributed by atoms with Crippen molar-refractivity contribution < 1.29 is 4.39 Å². The largest absolute Gasteiger partial charge is 0.354 e. The first-order valence-electron chi connectivity index (χ1n) is 8.38. The predicted octanol–water partition coefficient (Wildman–Crippen LogP) is 3.07. The molecule has 0 saturated heterocycles. The van der Waals surface area contributed by atoms with E-state index in [9.17, 15) is 9.18 Å². The lowest BCUT2D eigenvalue weighted by Gasteiger charge is -2.09. The van der Waals surface area contributed by atoms with E-state index in [2.05, 4.69) is 34.1 Å². The average Bonchev–Trinajstić information content (AvgIpc) is 2.86. The van der Waals surface area contributed by atoms with E-state index in [-0.39, 0.29) is 18.1 Å². The summed E-state index contributed by atoms with van der Waals surface area (Å²) in [5.74, 6) is 0.744. The fraction of sp³-hybridized carbons (Fsp3) is 0.389. The van der Waals surface area contributed by atoms with E-state index in [1.54, 1.807) is 12.3 Å². The molecule has 2 heterocycles. The van der Waals surface area contributed by atoms with Gasteiger partial charge in [0.05, 0.1) is 12.7 Å². The molecule has 0 saturated carbocycles. The molecule has 132 valence electrons.